The first kappa shape index (κ1) is 17.2. The SMILES string of the molecule is C=CCn1c(SCC(=O)Nc2nc3ccc(C)cc3s2)nnc1C1CC1. The summed E-state index contributed by atoms with van der Waals surface area (Å²) in [5, 5.41) is 12.8. The average molecular weight is 386 g/mol. The largest absolute Gasteiger partial charge is 0.302 e. The fourth-order valence-electron chi connectivity index (χ4n) is 2.72. The van der Waals surface area contributed by atoms with Crippen molar-refractivity contribution >= 4 is 44.4 Å². The first-order valence-electron chi connectivity index (χ1n) is 8.48. The van der Waals surface area contributed by atoms with Crippen LogP contribution in [0.3, 0.4) is 0 Å². The van der Waals surface area contributed by atoms with Gasteiger partial charge in [0.25, 0.3) is 0 Å². The number of nitrogens with one attached hydrogen (secondary N) is 1. The predicted molar refractivity (Wildman–Crippen MR) is 106 cm³/mol. The van der Waals surface area contributed by atoms with E-state index in [2.05, 4.69) is 37.7 Å². The third-order valence-corrected chi connectivity index (χ3v) is 6.02. The number of rotatable bonds is 7. The highest BCUT2D eigenvalue weighted by Crippen LogP contribution is 2.40. The van der Waals surface area contributed by atoms with Crippen LogP contribution in [-0.4, -0.2) is 31.4 Å². The summed E-state index contributed by atoms with van der Waals surface area (Å²) in [5.74, 6) is 1.70. The van der Waals surface area contributed by atoms with Crippen LogP contribution in [0.2, 0.25) is 0 Å². The van der Waals surface area contributed by atoms with Crippen LogP contribution in [0.1, 0.15) is 30.1 Å². The molecule has 3 aromatic rings. The number of fused-ring (bicyclic) bond motifs is 1. The molecule has 0 aliphatic heterocycles. The maximum atomic E-state index is 12.3. The fourth-order valence-corrected chi connectivity index (χ4v) is 4.46. The van der Waals surface area contributed by atoms with Gasteiger partial charge in [-0.15, -0.1) is 16.8 Å². The van der Waals surface area contributed by atoms with Gasteiger partial charge in [0.2, 0.25) is 5.91 Å². The lowest BCUT2D eigenvalue weighted by Crippen LogP contribution is -2.14. The minimum absolute atomic E-state index is 0.0908. The molecule has 1 aliphatic rings. The van der Waals surface area contributed by atoms with E-state index in [0.29, 0.717) is 17.6 Å². The van der Waals surface area contributed by atoms with E-state index in [9.17, 15) is 4.79 Å². The molecular formula is C18H19N5OS2. The molecule has 1 aromatic carbocycles. The van der Waals surface area contributed by atoms with E-state index in [4.69, 9.17) is 0 Å². The molecule has 4 rings (SSSR count). The van der Waals surface area contributed by atoms with E-state index < -0.39 is 0 Å². The Kier molecular flexibility index (Phi) is 4.78. The lowest BCUT2D eigenvalue weighted by molar-refractivity contribution is -0.113. The van der Waals surface area contributed by atoms with E-state index >= 15 is 0 Å². The van der Waals surface area contributed by atoms with E-state index in [-0.39, 0.29) is 11.7 Å². The maximum absolute atomic E-state index is 12.3. The molecule has 1 amide bonds. The van der Waals surface area contributed by atoms with Crippen molar-refractivity contribution < 1.29 is 4.79 Å². The summed E-state index contributed by atoms with van der Waals surface area (Å²) in [4.78, 5) is 16.8. The molecule has 134 valence electrons. The lowest BCUT2D eigenvalue weighted by Gasteiger charge is -2.06. The van der Waals surface area contributed by atoms with Crippen molar-refractivity contribution in [3.63, 3.8) is 0 Å². The molecule has 2 heterocycles. The monoisotopic (exact) mass is 385 g/mol. The topological polar surface area (TPSA) is 72.7 Å². The zero-order valence-corrected chi connectivity index (χ0v) is 16.1. The van der Waals surface area contributed by atoms with Crippen molar-refractivity contribution in [2.75, 3.05) is 11.1 Å². The summed E-state index contributed by atoms with van der Waals surface area (Å²) in [7, 11) is 0. The second kappa shape index (κ2) is 7.20. The quantitative estimate of drug-likeness (QED) is 0.492. The second-order valence-electron chi connectivity index (χ2n) is 6.34. The number of allylic oxidation sites excluding steroid dienone is 1. The van der Waals surface area contributed by atoms with Gasteiger partial charge in [0.15, 0.2) is 10.3 Å². The van der Waals surface area contributed by atoms with Gasteiger partial charge < -0.3 is 9.88 Å². The normalized spacial score (nSPS) is 13.9. The zero-order valence-electron chi connectivity index (χ0n) is 14.4. The number of carbonyl (C=O) groups is 1. The Balaban J connectivity index is 1.41. The summed E-state index contributed by atoms with van der Waals surface area (Å²) in [6.45, 7) is 6.52. The van der Waals surface area contributed by atoms with Crippen LogP contribution in [-0.2, 0) is 11.3 Å². The van der Waals surface area contributed by atoms with Gasteiger partial charge in [-0.1, -0.05) is 35.2 Å². The maximum Gasteiger partial charge on any atom is 0.236 e. The molecule has 1 fully saturated rings. The average Bonchev–Trinajstić information content (AvgIpc) is 3.26. The molecule has 0 spiro atoms. The number of thiazole rings is 1. The number of benzene rings is 1. The van der Waals surface area contributed by atoms with Crippen LogP contribution < -0.4 is 5.32 Å². The van der Waals surface area contributed by atoms with E-state index in [1.807, 2.05) is 25.1 Å². The number of aryl methyl sites for hydroxylation is 1. The van der Waals surface area contributed by atoms with Gasteiger partial charge in [-0.25, -0.2) is 4.98 Å². The lowest BCUT2D eigenvalue weighted by atomic mass is 10.2. The van der Waals surface area contributed by atoms with Gasteiger partial charge in [-0.05, 0) is 37.5 Å². The molecule has 2 aromatic heterocycles. The number of hydrogen-bond donors (Lipinski definition) is 1. The number of hydrogen-bond acceptors (Lipinski definition) is 6. The second-order valence-corrected chi connectivity index (χ2v) is 8.31. The molecule has 1 N–H and O–H groups in total. The molecule has 0 radical (unpaired) electrons. The molecule has 26 heavy (non-hydrogen) atoms. The van der Waals surface area contributed by atoms with Crippen molar-refractivity contribution in [2.24, 2.45) is 0 Å². The van der Waals surface area contributed by atoms with Crippen LogP contribution in [0.5, 0.6) is 0 Å². The predicted octanol–water partition coefficient (Wildman–Crippen LogP) is 3.99. The Morgan fingerprint density at radius 1 is 1.46 bits per heavy atom. The first-order chi connectivity index (χ1) is 12.6. The van der Waals surface area contributed by atoms with Crippen LogP contribution in [0.25, 0.3) is 10.2 Å². The van der Waals surface area contributed by atoms with Gasteiger partial charge in [-0.3, -0.25) is 4.79 Å². The van der Waals surface area contributed by atoms with Crippen LogP contribution in [0.4, 0.5) is 5.13 Å². The summed E-state index contributed by atoms with van der Waals surface area (Å²) in [6.07, 6.45) is 4.16. The van der Waals surface area contributed by atoms with E-state index in [0.717, 1.165) is 34.0 Å². The summed E-state index contributed by atoms with van der Waals surface area (Å²) < 4.78 is 3.14. The smallest absolute Gasteiger partial charge is 0.236 e. The van der Waals surface area contributed by atoms with Crippen molar-refractivity contribution in [1.82, 2.24) is 19.7 Å². The number of amides is 1. The van der Waals surface area contributed by atoms with Crippen molar-refractivity contribution in [2.45, 2.75) is 37.4 Å². The molecule has 0 atom stereocenters. The van der Waals surface area contributed by atoms with Crippen LogP contribution >= 0.6 is 23.1 Å². The minimum Gasteiger partial charge on any atom is -0.302 e. The Bertz CT molecular complexity index is 973. The van der Waals surface area contributed by atoms with Gasteiger partial charge >= 0.3 is 0 Å². The highest BCUT2D eigenvalue weighted by molar-refractivity contribution is 7.99. The number of anilines is 1. The van der Waals surface area contributed by atoms with E-state index in [1.54, 1.807) is 0 Å². The highest BCUT2D eigenvalue weighted by atomic mass is 32.2. The first-order valence-corrected chi connectivity index (χ1v) is 10.3. The molecule has 8 heteroatoms. The molecule has 1 aliphatic carbocycles. The zero-order chi connectivity index (χ0) is 18.1. The van der Waals surface area contributed by atoms with Crippen molar-refractivity contribution in [1.29, 1.82) is 0 Å². The van der Waals surface area contributed by atoms with E-state index in [1.165, 1.54) is 28.7 Å². The molecule has 6 nitrogen and oxygen atoms in total. The Morgan fingerprint density at radius 3 is 3.08 bits per heavy atom. The molecular weight excluding hydrogens is 366 g/mol. The molecule has 0 bridgehead atoms. The van der Waals surface area contributed by atoms with Crippen LogP contribution in [0, 0.1) is 6.92 Å². The standard InChI is InChI=1S/C18H19N5OS2/c1-3-8-23-16(12-5-6-12)21-22-18(23)25-10-15(24)20-17-19-13-7-4-11(2)9-14(13)26-17/h3-4,7,9,12H,1,5-6,8,10H2,2H3,(H,19,20,24). The summed E-state index contributed by atoms with van der Waals surface area (Å²) in [6, 6.07) is 6.07. The van der Waals surface area contributed by atoms with Gasteiger partial charge in [0, 0.05) is 12.5 Å². The molecule has 0 saturated heterocycles. The molecule has 0 unspecified atom stereocenters. The highest BCUT2D eigenvalue weighted by Gasteiger charge is 2.30. The summed E-state index contributed by atoms with van der Waals surface area (Å²) >= 11 is 2.89. The third kappa shape index (κ3) is 3.66. The Labute approximate surface area is 159 Å². The van der Waals surface area contributed by atoms with Crippen molar-refractivity contribution in [3.8, 4) is 0 Å². The summed E-state index contributed by atoms with van der Waals surface area (Å²) in [5.41, 5.74) is 2.09. The van der Waals surface area contributed by atoms with Crippen molar-refractivity contribution in [3.05, 3.63) is 42.2 Å². The van der Waals surface area contributed by atoms with Gasteiger partial charge in [0.1, 0.15) is 5.82 Å². The number of thioether (sulfide) groups is 1. The Hall–Kier alpha value is -2.19. The van der Waals surface area contributed by atoms with Gasteiger partial charge in [0.05, 0.1) is 16.0 Å². The molecule has 1 saturated carbocycles. The van der Waals surface area contributed by atoms with Crippen LogP contribution in [0.15, 0.2) is 36.0 Å². The third-order valence-electron chi connectivity index (χ3n) is 4.12. The Morgan fingerprint density at radius 2 is 2.31 bits per heavy atom. The van der Waals surface area contributed by atoms with Gasteiger partial charge in [-0.2, -0.15) is 0 Å². The number of carbonyl (C=O) groups excluding carboxylic acids is 1. The number of aromatic nitrogens is 4. The fraction of sp³-hybridized carbons (Fsp3) is 0.333. The minimum atomic E-state index is -0.0908. The number of nitrogens with zero attached hydrogens (tertiary/aromatic N) is 4.